The molecule has 1 heterocycles. The maximum atomic E-state index is 12.1. The molecule has 2 N–H and O–H groups in total. The smallest absolute Gasteiger partial charge is 0.314 e. The van der Waals surface area contributed by atoms with E-state index in [1.54, 1.807) is 0 Å². The number of amides is 1. The number of nitrogens with one attached hydrogen (secondary N) is 2. The summed E-state index contributed by atoms with van der Waals surface area (Å²) >= 11 is 2.22. The quantitative estimate of drug-likeness (QED) is 0.557. The van der Waals surface area contributed by atoms with Crippen LogP contribution in [0.3, 0.4) is 0 Å². The average molecular weight is 417 g/mol. The summed E-state index contributed by atoms with van der Waals surface area (Å²) in [6.07, 6.45) is 1.82. The molecule has 5 nitrogen and oxygen atoms in total. The third kappa shape index (κ3) is 5.24. The summed E-state index contributed by atoms with van der Waals surface area (Å²) in [5.74, 6) is -0.214. The first-order valence-electron chi connectivity index (χ1n) is 7.64. The van der Waals surface area contributed by atoms with E-state index >= 15 is 0 Å². The van der Waals surface area contributed by atoms with Gasteiger partial charge in [-0.25, -0.2) is 0 Å². The lowest BCUT2D eigenvalue weighted by Crippen LogP contribution is -3.14. The molecule has 1 aromatic rings. The second kappa shape index (κ2) is 8.47. The van der Waals surface area contributed by atoms with E-state index in [1.807, 2.05) is 31.2 Å². The summed E-state index contributed by atoms with van der Waals surface area (Å²) in [6.45, 7) is 4.23. The van der Waals surface area contributed by atoms with Crippen molar-refractivity contribution in [2.45, 2.75) is 19.8 Å². The summed E-state index contributed by atoms with van der Waals surface area (Å²) in [7, 11) is 0. The SMILES string of the molecule is CCOC(=O)[C@H]1CCC[NH+](CC(=O)Nc2cccc(I)c2)C1. The van der Waals surface area contributed by atoms with Gasteiger partial charge in [-0.05, 0) is 60.6 Å². The molecular weight excluding hydrogens is 395 g/mol. The lowest BCUT2D eigenvalue weighted by atomic mass is 9.98. The number of likely N-dealkylation sites (tertiary alicyclic amines) is 1. The molecule has 0 aromatic heterocycles. The summed E-state index contributed by atoms with van der Waals surface area (Å²) in [5, 5.41) is 2.92. The highest BCUT2D eigenvalue weighted by molar-refractivity contribution is 14.1. The van der Waals surface area contributed by atoms with Crippen LogP contribution in [0.2, 0.25) is 0 Å². The Morgan fingerprint density at radius 1 is 1.45 bits per heavy atom. The van der Waals surface area contributed by atoms with Gasteiger partial charge < -0.3 is 15.0 Å². The largest absolute Gasteiger partial charge is 0.466 e. The van der Waals surface area contributed by atoms with Gasteiger partial charge in [-0.1, -0.05) is 6.07 Å². The van der Waals surface area contributed by atoms with Crippen molar-refractivity contribution in [3.8, 4) is 0 Å². The van der Waals surface area contributed by atoms with Crippen molar-refractivity contribution in [2.75, 3.05) is 31.6 Å². The Labute approximate surface area is 144 Å². The molecule has 22 heavy (non-hydrogen) atoms. The van der Waals surface area contributed by atoms with Crippen LogP contribution in [-0.4, -0.2) is 38.1 Å². The monoisotopic (exact) mass is 417 g/mol. The Balaban J connectivity index is 1.84. The van der Waals surface area contributed by atoms with Crippen LogP contribution in [-0.2, 0) is 14.3 Å². The van der Waals surface area contributed by atoms with Crippen LogP contribution in [0.4, 0.5) is 5.69 Å². The number of hydrogen-bond donors (Lipinski definition) is 2. The van der Waals surface area contributed by atoms with Crippen molar-refractivity contribution in [1.82, 2.24) is 0 Å². The summed E-state index contributed by atoms with van der Waals surface area (Å²) in [4.78, 5) is 25.1. The van der Waals surface area contributed by atoms with Crippen molar-refractivity contribution in [3.05, 3.63) is 27.8 Å². The normalized spacial score (nSPS) is 21.2. The lowest BCUT2D eigenvalue weighted by molar-refractivity contribution is -0.899. The molecule has 2 rings (SSSR count). The Morgan fingerprint density at radius 3 is 3.00 bits per heavy atom. The molecule has 1 aliphatic heterocycles. The number of quaternary nitrogens is 1. The van der Waals surface area contributed by atoms with E-state index in [-0.39, 0.29) is 17.8 Å². The molecule has 1 saturated heterocycles. The minimum Gasteiger partial charge on any atom is -0.466 e. The molecule has 0 aliphatic carbocycles. The maximum absolute atomic E-state index is 12.1. The van der Waals surface area contributed by atoms with Gasteiger partial charge in [-0.3, -0.25) is 9.59 Å². The number of piperidine rings is 1. The predicted octanol–water partition coefficient (Wildman–Crippen LogP) is 1.09. The van der Waals surface area contributed by atoms with Crippen LogP contribution < -0.4 is 10.2 Å². The maximum Gasteiger partial charge on any atom is 0.314 e. The molecule has 6 heteroatoms. The minimum absolute atomic E-state index is 0.0125. The van der Waals surface area contributed by atoms with Crippen molar-refractivity contribution in [1.29, 1.82) is 0 Å². The van der Waals surface area contributed by atoms with Crippen molar-refractivity contribution >= 4 is 40.2 Å². The number of carbonyl (C=O) groups excluding carboxylic acids is 2. The standard InChI is InChI=1S/C16H21IN2O3/c1-2-22-16(21)12-5-4-8-19(10-12)11-15(20)18-14-7-3-6-13(17)9-14/h3,6-7,9,12H,2,4-5,8,10-11H2,1H3,(H,18,20)/p+1/t12-/m0/s1. The first kappa shape index (κ1) is 17.2. The second-order valence-electron chi connectivity index (χ2n) is 5.53. The number of carbonyl (C=O) groups is 2. The van der Waals surface area contributed by atoms with Crippen LogP contribution in [0.5, 0.6) is 0 Å². The van der Waals surface area contributed by atoms with Crippen LogP contribution in [0.15, 0.2) is 24.3 Å². The number of benzene rings is 1. The van der Waals surface area contributed by atoms with Gasteiger partial charge in [0, 0.05) is 9.26 Å². The second-order valence-corrected chi connectivity index (χ2v) is 6.78. The number of anilines is 1. The lowest BCUT2D eigenvalue weighted by Gasteiger charge is -2.28. The number of ether oxygens (including phenoxy) is 1. The number of hydrogen-bond acceptors (Lipinski definition) is 3. The third-order valence-corrected chi connectivity index (χ3v) is 4.43. The van der Waals surface area contributed by atoms with Gasteiger partial charge in [0.1, 0.15) is 5.92 Å². The molecule has 0 bridgehead atoms. The van der Waals surface area contributed by atoms with Gasteiger partial charge in [-0.15, -0.1) is 0 Å². The van der Waals surface area contributed by atoms with Gasteiger partial charge in [0.05, 0.1) is 19.7 Å². The summed E-state index contributed by atoms with van der Waals surface area (Å²) in [5.41, 5.74) is 0.815. The number of esters is 1. The van der Waals surface area contributed by atoms with E-state index in [1.165, 1.54) is 0 Å². The zero-order chi connectivity index (χ0) is 15.9. The minimum atomic E-state index is -0.127. The topological polar surface area (TPSA) is 59.8 Å². The van der Waals surface area contributed by atoms with E-state index in [0.29, 0.717) is 19.7 Å². The van der Waals surface area contributed by atoms with Crippen LogP contribution in [0, 0.1) is 9.49 Å². The van der Waals surface area contributed by atoms with E-state index in [4.69, 9.17) is 4.74 Å². The van der Waals surface area contributed by atoms with Gasteiger partial charge in [0.25, 0.3) is 5.91 Å². The zero-order valence-corrected chi connectivity index (χ0v) is 14.9. The fourth-order valence-corrected chi connectivity index (χ4v) is 3.31. The van der Waals surface area contributed by atoms with Gasteiger partial charge in [-0.2, -0.15) is 0 Å². The van der Waals surface area contributed by atoms with Crippen molar-refractivity contribution < 1.29 is 19.2 Å². The van der Waals surface area contributed by atoms with Crippen LogP contribution in [0.25, 0.3) is 0 Å². The molecule has 0 saturated carbocycles. The van der Waals surface area contributed by atoms with E-state index in [9.17, 15) is 9.59 Å². The van der Waals surface area contributed by atoms with Crippen LogP contribution >= 0.6 is 22.6 Å². The van der Waals surface area contributed by atoms with Crippen molar-refractivity contribution in [3.63, 3.8) is 0 Å². The Hall–Kier alpha value is -1.15. The number of rotatable bonds is 5. The summed E-state index contributed by atoms with van der Waals surface area (Å²) < 4.78 is 6.18. The summed E-state index contributed by atoms with van der Waals surface area (Å²) in [6, 6.07) is 7.72. The first-order valence-corrected chi connectivity index (χ1v) is 8.72. The van der Waals surface area contributed by atoms with E-state index < -0.39 is 0 Å². The highest BCUT2D eigenvalue weighted by Gasteiger charge is 2.30. The molecule has 1 aromatic carbocycles. The predicted molar refractivity (Wildman–Crippen MR) is 92.7 cm³/mol. The molecule has 120 valence electrons. The fourth-order valence-electron chi connectivity index (χ4n) is 2.77. The first-order chi connectivity index (χ1) is 10.6. The highest BCUT2D eigenvalue weighted by atomic mass is 127. The molecule has 0 spiro atoms. The third-order valence-electron chi connectivity index (χ3n) is 3.76. The molecular formula is C16H22IN2O3+. The van der Waals surface area contributed by atoms with E-state index in [0.717, 1.165) is 33.5 Å². The van der Waals surface area contributed by atoms with E-state index in [2.05, 4.69) is 27.9 Å². The Morgan fingerprint density at radius 2 is 2.27 bits per heavy atom. The van der Waals surface area contributed by atoms with Gasteiger partial charge in [0.15, 0.2) is 6.54 Å². The molecule has 1 fully saturated rings. The molecule has 1 amide bonds. The molecule has 1 aliphatic rings. The average Bonchev–Trinajstić information content (AvgIpc) is 2.47. The fraction of sp³-hybridized carbons (Fsp3) is 0.500. The van der Waals surface area contributed by atoms with Gasteiger partial charge >= 0.3 is 5.97 Å². The van der Waals surface area contributed by atoms with Crippen molar-refractivity contribution in [2.24, 2.45) is 5.92 Å². The zero-order valence-electron chi connectivity index (χ0n) is 12.7. The number of halogens is 1. The highest BCUT2D eigenvalue weighted by Crippen LogP contribution is 2.12. The molecule has 0 radical (unpaired) electrons. The Kier molecular flexibility index (Phi) is 6.63. The molecule has 2 atom stereocenters. The molecule has 1 unspecified atom stereocenters. The Bertz CT molecular complexity index is 536. The van der Waals surface area contributed by atoms with Crippen LogP contribution in [0.1, 0.15) is 19.8 Å². The van der Waals surface area contributed by atoms with Gasteiger partial charge in [0.2, 0.25) is 0 Å².